The van der Waals surface area contributed by atoms with Gasteiger partial charge in [0.25, 0.3) is 0 Å². The number of fused-ring (bicyclic) bond motifs is 1. The molecule has 0 aliphatic carbocycles. The summed E-state index contributed by atoms with van der Waals surface area (Å²) in [7, 11) is 1.87. The van der Waals surface area contributed by atoms with E-state index in [1.807, 2.05) is 25.2 Å². The maximum absolute atomic E-state index is 10.7. The molecule has 0 amide bonds. The van der Waals surface area contributed by atoms with Gasteiger partial charge in [-0.25, -0.2) is 0 Å². The molecule has 94 valence electrons. The fraction of sp³-hybridized carbons (Fsp3) is 0.267. The van der Waals surface area contributed by atoms with Crippen molar-refractivity contribution in [3.63, 3.8) is 0 Å². The number of benzene rings is 2. The quantitative estimate of drug-likeness (QED) is 0.848. The van der Waals surface area contributed by atoms with Crippen molar-refractivity contribution in [2.45, 2.75) is 18.9 Å². The molecule has 0 aliphatic heterocycles. The highest BCUT2D eigenvalue weighted by atomic mass is 16.4. The van der Waals surface area contributed by atoms with Crippen LogP contribution in [0.15, 0.2) is 42.5 Å². The Morgan fingerprint density at radius 1 is 1.22 bits per heavy atom. The predicted molar refractivity (Wildman–Crippen MR) is 72.6 cm³/mol. The standard InChI is InChI=1S/C15H17NO2/c1-16-14(9-10-15(17)18)13-8-4-6-11-5-2-3-7-12(11)13/h2-8,14,16H,9-10H2,1H3,(H,17,18). The topological polar surface area (TPSA) is 49.3 Å². The second kappa shape index (κ2) is 5.65. The highest BCUT2D eigenvalue weighted by Crippen LogP contribution is 2.26. The summed E-state index contributed by atoms with van der Waals surface area (Å²) < 4.78 is 0. The zero-order chi connectivity index (χ0) is 13.0. The van der Waals surface area contributed by atoms with Crippen LogP contribution in [0.4, 0.5) is 0 Å². The van der Waals surface area contributed by atoms with E-state index >= 15 is 0 Å². The molecule has 0 heterocycles. The van der Waals surface area contributed by atoms with Crippen LogP contribution in [0.25, 0.3) is 10.8 Å². The lowest BCUT2D eigenvalue weighted by atomic mass is 9.96. The lowest BCUT2D eigenvalue weighted by molar-refractivity contribution is -0.137. The maximum atomic E-state index is 10.7. The number of hydrogen-bond acceptors (Lipinski definition) is 2. The van der Waals surface area contributed by atoms with Gasteiger partial charge in [0.2, 0.25) is 0 Å². The number of nitrogens with one attached hydrogen (secondary N) is 1. The number of carboxylic acids is 1. The van der Waals surface area contributed by atoms with Crippen LogP contribution >= 0.6 is 0 Å². The van der Waals surface area contributed by atoms with Crippen LogP contribution in [-0.2, 0) is 4.79 Å². The SMILES string of the molecule is CNC(CCC(=O)O)c1cccc2ccccc12. The van der Waals surface area contributed by atoms with E-state index in [9.17, 15) is 4.79 Å². The van der Waals surface area contributed by atoms with Crippen LogP contribution in [0.2, 0.25) is 0 Å². The predicted octanol–water partition coefficient (Wildman–Crippen LogP) is 2.97. The average molecular weight is 243 g/mol. The Balaban J connectivity index is 2.35. The van der Waals surface area contributed by atoms with E-state index in [4.69, 9.17) is 5.11 Å². The summed E-state index contributed by atoms with van der Waals surface area (Å²) in [6.07, 6.45) is 0.772. The Hall–Kier alpha value is -1.87. The number of carbonyl (C=O) groups is 1. The third-order valence-corrected chi connectivity index (χ3v) is 3.19. The van der Waals surface area contributed by atoms with Crippen molar-refractivity contribution < 1.29 is 9.90 Å². The van der Waals surface area contributed by atoms with Crippen LogP contribution in [0.5, 0.6) is 0 Å². The minimum absolute atomic E-state index is 0.0761. The first-order valence-electron chi connectivity index (χ1n) is 6.09. The first kappa shape index (κ1) is 12.6. The molecule has 3 heteroatoms. The van der Waals surface area contributed by atoms with Crippen molar-refractivity contribution >= 4 is 16.7 Å². The third-order valence-electron chi connectivity index (χ3n) is 3.19. The van der Waals surface area contributed by atoms with Crippen molar-refractivity contribution in [2.75, 3.05) is 7.05 Å². The third kappa shape index (κ3) is 2.68. The van der Waals surface area contributed by atoms with Crippen molar-refractivity contribution in [3.8, 4) is 0 Å². The molecule has 0 bridgehead atoms. The van der Waals surface area contributed by atoms with Gasteiger partial charge >= 0.3 is 5.97 Å². The van der Waals surface area contributed by atoms with Gasteiger partial charge in [0, 0.05) is 12.5 Å². The van der Waals surface area contributed by atoms with Crippen LogP contribution in [0.3, 0.4) is 0 Å². The molecule has 18 heavy (non-hydrogen) atoms. The molecule has 1 atom stereocenters. The summed E-state index contributed by atoms with van der Waals surface area (Å²) in [5.74, 6) is -0.754. The van der Waals surface area contributed by atoms with Crippen molar-refractivity contribution in [1.29, 1.82) is 0 Å². The first-order valence-corrected chi connectivity index (χ1v) is 6.09. The summed E-state index contributed by atoms with van der Waals surface area (Å²) in [6.45, 7) is 0. The Labute approximate surface area is 106 Å². The van der Waals surface area contributed by atoms with E-state index in [1.54, 1.807) is 0 Å². The molecule has 0 spiro atoms. The van der Waals surface area contributed by atoms with Gasteiger partial charge in [-0.15, -0.1) is 0 Å². The molecule has 0 saturated heterocycles. The maximum Gasteiger partial charge on any atom is 0.303 e. The molecule has 0 radical (unpaired) electrons. The first-order chi connectivity index (χ1) is 8.72. The highest BCUT2D eigenvalue weighted by Gasteiger charge is 2.13. The van der Waals surface area contributed by atoms with Crippen LogP contribution in [0, 0.1) is 0 Å². The fourth-order valence-corrected chi connectivity index (χ4v) is 2.28. The second-order valence-corrected chi connectivity index (χ2v) is 4.34. The van der Waals surface area contributed by atoms with Gasteiger partial charge in [-0.2, -0.15) is 0 Å². The molecule has 0 saturated carbocycles. The van der Waals surface area contributed by atoms with Gasteiger partial charge in [-0.3, -0.25) is 4.79 Å². The molecule has 1 unspecified atom stereocenters. The summed E-state index contributed by atoms with van der Waals surface area (Å²) in [4.78, 5) is 10.7. The zero-order valence-electron chi connectivity index (χ0n) is 10.4. The molecule has 2 aromatic rings. The largest absolute Gasteiger partial charge is 0.481 e. The van der Waals surface area contributed by atoms with Crippen molar-refractivity contribution in [2.24, 2.45) is 0 Å². The Kier molecular flexibility index (Phi) is 3.95. The van der Waals surface area contributed by atoms with Gasteiger partial charge in [0.1, 0.15) is 0 Å². The summed E-state index contributed by atoms with van der Waals surface area (Å²) in [5.41, 5.74) is 1.16. The number of hydrogen-bond donors (Lipinski definition) is 2. The van der Waals surface area contributed by atoms with E-state index in [2.05, 4.69) is 29.6 Å². The van der Waals surface area contributed by atoms with Gasteiger partial charge in [-0.1, -0.05) is 42.5 Å². The fourth-order valence-electron chi connectivity index (χ4n) is 2.28. The molecule has 0 aliphatic rings. The van der Waals surface area contributed by atoms with E-state index < -0.39 is 5.97 Å². The highest BCUT2D eigenvalue weighted by molar-refractivity contribution is 5.86. The van der Waals surface area contributed by atoms with Crippen molar-refractivity contribution in [1.82, 2.24) is 5.32 Å². The average Bonchev–Trinajstić information content (AvgIpc) is 2.39. The van der Waals surface area contributed by atoms with E-state index in [0.29, 0.717) is 6.42 Å². The van der Waals surface area contributed by atoms with E-state index in [0.717, 1.165) is 5.56 Å². The smallest absolute Gasteiger partial charge is 0.303 e. The summed E-state index contributed by atoms with van der Waals surface area (Å²) in [6, 6.07) is 14.4. The summed E-state index contributed by atoms with van der Waals surface area (Å²) >= 11 is 0. The molecular weight excluding hydrogens is 226 g/mol. The van der Waals surface area contributed by atoms with Gasteiger partial charge in [-0.05, 0) is 29.8 Å². The van der Waals surface area contributed by atoms with E-state index in [-0.39, 0.29) is 12.5 Å². The van der Waals surface area contributed by atoms with Gasteiger partial charge in [0.05, 0.1) is 0 Å². The molecule has 0 aromatic heterocycles. The molecule has 2 rings (SSSR count). The van der Waals surface area contributed by atoms with Crippen LogP contribution < -0.4 is 5.32 Å². The lowest BCUT2D eigenvalue weighted by Crippen LogP contribution is -2.17. The Bertz CT molecular complexity index is 546. The molecular formula is C15H17NO2. The molecule has 0 fully saturated rings. The van der Waals surface area contributed by atoms with Crippen molar-refractivity contribution in [3.05, 3.63) is 48.0 Å². The van der Waals surface area contributed by atoms with Gasteiger partial charge < -0.3 is 10.4 Å². The molecule has 2 aromatic carbocycles. The Morgan fingerprint density at radius 3 is 2.67 bits per heavy atom. The van der Waals surface area contributed by atoms with Gasteiger partial charge in [0.15, 0.2) is 0 Å². The monoisotopic (exact) mass is 243 g/mol. The molecule has 3 nitrogen and oxygen atoms in total. The normalized spacial score (nSPS) is 12.5. The molecule has 2 N–H and O–H groups in total. The minimum Gasteiger partial charge on any atom is -0.481 e. The Morgan fingerprint density at radius 2 is 1.94 bits per heavy atom. The van der Waals surface area contributed by atoms with Crippen LogP contribution in [-0.4, -0.2) is 18.1 Å². The number of carboxylic acid groups (broad SMARTS) is 1. The number of rotatable bonds is 5. The zero-order valence-corrected chi connectivity index (χ0v) is 10.4. The second-order valence-electron chi connectivity index (χ2n) is 4.34. The minimum atomic E-state index is -0.754. The van der Waals surface area contributed by atoms with Crippen LogP contribution in [0.1, 0.15) is 24.4 Å². The van der Waals surface area contributed by atoms with E-state index in [1.165, 1.54) is 10.8 Å². The lowest BCUT2D eigenvalue weighted by Gasteiger charge is -2.17. The summed E-state index contributed by atoms with van der Waals surface area (Å²) in [5, 5.41) is 14.4. The number of aliphatic carboxylic acids is 1.